The van der Waals surface area contributed by atoms with Crippen LogP contribution in [0.25, 0.3) is 0 Å². The highest BCUT2D eigenvalue weighted by Crippen LogP contribution is 2.12. The van der Waals surface area contributed by atoms with Crippen LogP contribution in [0.1, 0.15) is 11.1 Å². The second kappa shape index (κ2) is 5.94. The molecular weight excluding hydrogens is 258 g/mol. The number of hydrogen-bond donors (Lipinski definition) is 3. The van der Waals surface area contributed by atoms with E-state index in [1.54, 1.807) is 12.1 Å². The minimum absolute atomic E-state index is 0.0400. The number of rotatable bonds is 3. The van der Waals surface area contributed by atoms with Crippen molar-refractivity contribution in [1.82, 2.24) is 5.48 Å². The fourth-order valence-corrected chi connectivity index (χ4v) is 1.79. The summed E-state index contributed by atoms with van der Waals surface area (Å²) >= 11 is 0. The summed E-state index contributed by atoms with van der Waals surface area (Å²) in [5, 5.41) is 20.0. The van der Waals surface area contributed by atoms with Crippen molar-refractivity contribution in [2.45, 2.75) is 6.92 Å². The summed E-state index contributed by atoms with van der Waals surface area (Å²) in [4.78, 5) is 13.3. The lowest BCUT2D eigenvalue weighted by atomic mass is 10.1. The molecule has 0 saturated heterocycles. The number of amidine groups is 1. The van der Waals surface area contributed by atoms with Crippen LogP contribution in [0.2, 0.25) is 0 Å². The van der Waals surface area contributed by atoms with Crippen molar-refractivity contribution in [3.8, 4) is 0 Å². The Hall–Kier alpha value is -2.73. The van der Waals surface area contributed by atoms with Crippen LogP contribution < -0.4 is 10.5 Å². The molecule has 3 N–H and O–H groups in total. The van der Waals surface area contributed by atoms with Crippen LogP contribution in [-0.2, 0) is 0 Å². The van der Waals surface area contributed by atoms with Gasteiger partial charge < -0.3 is 0 Å². The molecule has 0 unspecified atom stereocenters. The molecule has 102 valence electrons. The fraction of sp³-hybridized carbons (Fsp3) is 0.0714. The molecule has 0 aliphatic rings. The Morgan fingerprint density at radius 1 is 1.25 bits per heavy atom. The molecule has 0 fully saturated rings. The number of nitrogens with zero attached hydrogens (tertiary/aromatic N) is 1. The number of nitrogens with one attached hydrogen (secondary N) is 2. The number of non-ortho nitro benzene ring substituents is 1. The first-order valence-corrected chi connectivity index (χ1v) is 5.96. The van der Waals surface area contributed by atoms with E-state index in [4.69, 9.17) is 0 Å². The molecule has 0 aliphatic carbocycles. The van der Waals surface area contributed by atoms with E-state index in [1.165, 1.54) is 12.1 Å². The van der Waals surface area contributed by atoms with Crippen LogP contribution in [0.15, 0.2) is 48.5 Å². The van der Waals surface area contributed by atoms with Crippen LogP contribution in [0.3, 0.4) is 0 Å². The van der Waals surface area contributed by atoms with Gasteiger partial charge in [-0.1, -0.05) is 24.3 Å². The van der Waals surface area contributed by atoms with E-state index in [2.05, 4.69) is 4.99 Å². The molecule has 20 heavy (non-hydrogen) atoms. The lowest BCUT2D eigenvalue weighted by Crippen LogP contribution is -2.70. The number of hydrogen-bond acceptors (Lipinski definition) is 3. The van der Waals surface area contributed by atoms with Gasteiger partial charge in [-0.3, -0.25) is 10.1 Å². The van der Waals surface area contributed by atoms with Crippen LogP contribution in [-0.4, -0.2) is 16.0 Å². The Kier molecular flexibility index (Phi) is 4.07. The number of nitro benzene ring substituents is 1. The van der Waals surface area contributed by atoms with Crippen molar-refractivity contribution < 1.29 is 15.1 Å². The maximum atomic E-state index is 10.8. The first kappa shape index (κ1) is 13.7. The van der Waals surface area contributed by atoms with E-state index >= 15 is 0 Å². The van der Waals surface area contributed by atoms with Gasteiger partial charge in [-0.15, -0.1) is 5.48 Å². The zero-order valence-electron chi connectivity index (χ0n) is 10.8. The van der Waals surface area contributed by atoms with Crippen LogP contribution >= 0.6 is 0 Å². The van der Waals surface area contributed by atoms with Gasteiger partial charge in [0.15, 0.2) is 0 Å². The maximum Gasteiger partial charge on any atom is 0.310 e. The Morgan fingerprint density at radius 2 is 2.00 bits per heavy atom. The van der Waals surface area contributed by atoms with Crippen LogP contribution in [0.5, 0.6) is 0 Å². The molecule has 0 atom stereocenters. The SMILES string of the molecule is Cc1ccccc1[NH+]=C(NO)c1cccc([N+](=O)[O-])c1. The Morgan fingerprint density at radius 3 is 2.65 bits per heavy atom. The zero-order chi connectivity index (χ0) is 14.5. The summed E-state index contributed by atoms with van der Waals surface area (Å²) in [5.41, 5.74) is 4.29. The zero-order valence-corrected chi connectivity index (χ0v) is 10.8. The molecule has 2 aromatic rings. The van der Waals surface area contributed by atoms with Crippen LogP contribution in [0, 0.1) is 17.0 Å². The molecule has 0 spiro atoms. The van der Waals surface area contributed by atoms with Gasteiger partial charge in [0, 0.05) is 12.1 Å². The molecule has 6 nitrogen and oxygen atoms in total. The molecule has 6 heteroatoms. The minimum Gasteiger partial charge on any atom is -0.258 e. The van der Waals surface area contributed by atoms with Crippen molar-refractivity contribution in [2.75, 3.05) is 0 Å². The highest BCUT2D eigenvalue weighted by Gasteiger charge is 2.14. The smallest absolute Gasteiger partial charge is 0.258 e. The lowest BCUT2D eigenvalue weighted by Gasteiger charge is -2.01. The molecule has 0 amide bonds. The van der Waals surface area contributed by atoms with E-state index in [9.17, 15) is 15.3 Å². The highest BCUT2D eigenvalue weighted by atomic mass is 16.6. The monoisotopic (exact) mass is 272 g/mol. The number of hydroxylamine groups is 1. The summed E-state index contributed by atoms with van der Waals surface area (Å²) in [7, 11) is 0. The lowest BCUT2D eigenvalue weighted by molar-refractivity contribution is -0.385. The third kappa shape index (κ3) is 2.99. The topological polar surface area (TPSA) is 89.4 Å². The van der Waals surface area contributed by atoms with Gasteiger partial charge in [0.25, 0.3) is 5.69 Å². The number of para-hydroxylation sites is 1. The molecule has 0 heterocycles. The van der Waals surface area contributed by atoms with Crippen molar-refractivity contribution in [2.24, 2.45) is 0 Å². The standard InChI is InChI=1S/C14H13N3O3/c1-10-5-2-3-8-13(10)15-14(16-18)11-6-4-7-12(9-11)17(19)20/h2-9,18H,1H3,(H,15,16)/p+1. The molecule has 0 saturated carbocycles. The Balaban J connectivity index is 2.45. The average Bonchev–Trinajstić information content (AvgIpc) is 2.46. The predicted molar refractivity (Wildman–Crippen MR) is 73.9 cm³/mol. The van der Waals surface area contributed by atoms with Crippen molar-refractivity contribution in [3.63, 3.8) is 0 Å². The first-order valence-electron chi connectivity index (χ1n) is 5.96. The van der Waals surface area contributed by atoms with E-state index in [0.29, 0.717) is 5.56 Å². The summed E-state index contributed by atoms with van der Waals surface area (Å²) in [6.07, 6.45) is 0. The fourth-order valence-electron chi connectivity index (χ4n) is 1.79. The molecule has 2 rings (SSSR count). The third-order valence-electron chi connectivity index (χ3n) is 2.86. The first-order chi connectivity index (χ1) is 9.61. The molecule has 0 aromatic heterocycles. The minimum atomic E-state index is -0.480. The normalized spacial score (nSPS) is 11.2. The largest absolute Gasteiger partial charge is 0.310 e. The maximum absolute atomic E-state index is 10.8. The molecule has 2 aromatic carbocycles. The second-order valence-corrected chi connectivity index (χ2v) is 4.23. The second-order valence-electron chi connectivity index (χ2n) is 4.23. The van der Waals surface area contributed by atoms with Gasteiger partial charge in [0.05, 0.1) is 10.5 Å². The number of nitro groups is 1. The summed E-state index contributed by atoms with van der Waals surface area (Å²) in [6, 6.07) is 13.5. The van der Waals surface area contributed by atoms with E-state index in [-0.39, 0.29) is 11.5 Å². The number of benzene rings is 2. The van der Waals surface area contributed by atoms with E-state index < -0.39 is 4.92 Å². The van der Waals surface area contributed by atoms with Gasteiger partial charge in [-0.05, 0) is 24.6 Å². The predicted octanol–water partition coefficient (Wildman–Crippen LogP) is 1.04. The van der Waals surface area contributed by atoms with E-state index in [1.807, 2.05) is 36.7 Å². The highest BCUT2D eigenvalue weighted by molar-refractivity contribution is 5.94. The molecule has 0 radical (unpaired) electrons. The summed E-state index contributed by atoms with van der Waals surface area (Å²) in [5.74, 6) is 0.281. The Bertz CT molecular complexity index is 668. The van der Waals surface area contributed by atoms with Gasteiger partial charge in [0.1, 0.15) is 5.69 Å². The van der Waals surface area contributed by atoms with Gasteiger partial charge >= 0.3 is 5.84 Å². The van der Waals surface area contributed by atoms with E-state index in [0.717, 1.165) is 11.3 Å². The third-order valence-corrected chi connectivity index (χ3v) is 2.86. The molecular formula is C14H14N3O3+. The quantitative estimate of drug-likeness (QED) is 0.337. The van der Waals surface area contributed by atoms with Gasteiger partial charge in [-0.25, -0.2) is 10.2 Å². The summed E-state index contributed by atoms with van der Waals surface area (Å²) < 4.78 is 0. The molecule has 0 bridgehead atoms. The average molecular weight is 272 g/mol. The van der Waals surface area contributed by atoms with Crippen molar-refractivity contribution in [3.05, 3.63) is 69.8 Å². The van der Waals surface area contributed by atoms with Crippen molar-refractivity contribution in [1.29, 1.82) is 0 Å². The van der Waals surface area contributed by atoms with Gasteiger partial charge in [0.2, 0.25) is 0 Å². The van der Waals surface area contributed by atoms with Crippen LogP contribution in [0.4, 0.5) is 11.4 Å². The Labute approximate surface area is 115 Å². The molecule has 0 aliphatic heterocycles. The van der Waals surface area contributed by atoms with Crippen molar-refractivity contribution >= 4 is 17.2 Å². The summed E-state index contributed by atoms with van der Waals surface area (Å²) in [6.45, 7) is 1.92. The number of aryl methyl sites for hydroxylation is 1. The van der Waals surface area contributed by atoms with Gasteiger partial charge in [-0.2, -0.15) is 0 Å².